The summed E-state index contributed by atoms with van der Waals surface area (Å²) in [7, 11) is 0. The van der Waals surface area contributed by atoms with Gasteiger partial charge in [-0.05, 0) is 25.0 Å². The van der Waals surface area contributed by atoms with Crippen LogP contribution < -0.4 is 11.1 Å². The van der Waals surface area contributed by atoms with Crippen molar-refractivity contribution in [3.05, 3.63) is 30.1 Å². The van der Waals surface area contributed by atoms with Gasteiger partial charge in [0, 0.05) is 18.4 Å². The number of guanidine groups is 1. The smallest absolute Gasteiger partial charge is 0.189 e. The molecule has 1 aromatic rings. The Kier molecular flexibility index (Phi) is 7.88. The van der Waals surface area contributed by atoms with Gasteiger partial charge in [-0.15, -0.1) is 24.0 Å². The molecule has 1 heterocycles. The summed E-state index contributed by atoms with van der Waals surface area (Å²) in [4.78, 5) is 8.23. The molecule has 5 heteroatoms. The summed E-state index contributed by atoms with van der Waals surface area (Å²) in [6, 6.07) is 4.23. The standard InChI is InChI=1S/C11H18N4.HI/c1-3-9(2)15-11(12)14-8-10-5-4-6-13-7-10;/h4-7,9H,3,8H2,1-2H3,(H3,12,14,15);1H. The van der Waals surface area contributed by atoms with E-state index in [0.717, 1.165) is 12.0 Å². The third kappa shape index (κ3) is 5.89. The van der Waals surface area contributed by atoms with Crippen LogP contribution in [0.3, 0.4) is 0 Å². The first kappa shape index (κ1) is 15.2. The fourth-order valence-electron chi connectivity index (χ4n) is 1.07. The molecule has 16 heavy (non-hydrogen) atoms. The van der Waals surface area contributed by atoms with Gasteiger partial charge in [0.2, 0.25) is 0 Å². The van der Waals surface area contributed by atoms with Crippen LogP contribution in [0.15, 0.2) is 29.5 Å². The molecule has 0 saturated carbocycles. The highest BCUT2D eigenvalue weighted by Gasteiger charge is 1.98. The molecule has 3 N–H and O–H groups in total. The Balaban J connectivity index is 0.00000225. The lowest BCUT2D eigenvalue weighted by Gasteiger charge is -2.11. The van der Waals surface area contributed by atoms with Crippen LogP contribution in [-0.4, -0.2) is 17.0 Å². The van der Waals surface area contributed by atoms with E-state index in [0.29, 0.717) is 18.5 Å². The third-order valence-electron chi connectivity index (χ3n) is 2.16. The van der Waals surface area contributed by atoms with Crippen LogP contribution in [-0.2, 0) is 6.54 Å². The van der Waals surface area contributed by atoms with Crippen LogP contribution in [0.1, 0.15) is 25.8 Å². The summed E-state index contributed by atoms with van der Waals surface area (Å²) in [6.07, 6.45) is 4.57. The highest BCUT2D eigenvalue weighted by Crippen LogP contribution is 1.97. The Hall–Kier alpha value is -0.850. The van der Waals surface area contributed by atoms with Crippen molar-refractivity contribution in [2.45, 2.75) is 32.9 Å². The van der Waals surface area contributed by atoms with E-state index in [1.165, 1.54) is 0 Å². The van der Waals surface area contributed by atoms with Crippen LogP contribution in [0.2, 0.25) is 0 Å². The molecule has 0 aliphatic carbocycles. The van der Waals surface area contributed by atoms with E-state index in [1.54, 1.807) is 12.4 Å². The van der Waals surface area contributed by atoms with Gasteiger partial charge in [0.15, 0.2) is 5.96 Å². The number of hydrogen-bond donors (Lipinski definition) is 2. The molecule has 1 rings (SSSR count). The second-order valence-electron chi connectivity index (χ2n) is 3.52. The van der Waals surface area contributed by atoms with Crippen molar-refractivity contribution in [1.29, 1.82) is 0 Å². The number of nitrogens with one attached hydrogen (secondary N) is 1. The Morgan fingerprint density at radius 3 is 2.94 bits per heavy atom. The van der Waals surface area contributed by atoms with Gasteiger partial charge in [0.05, 0.1) is 6.54 Å². The van der Waals surface area contributed by atoms with Crippen molar-refractivity contribution < 1.29 is 0 Å². The van der Waals surface area contributed by atoms with Crippen molar-refractivity contribution >= 4 is 29.9 Å². The molecule has 1 aromatic heterocycles. The van der Waals surface area contributed by atoms with Gasteiger partial charge in [-0.1, -0.05) is 13.0 Å². The van der Waals surface area contributed by atoms with Gasteiger partial charge in [0.1, 0.15) is 0 Å². The second-order valence-corrected chi connectivity index (χ2v) is 3.52. The van der Waals surface area contributed by atoms with E-state index in [2.05, 4.69) is 29.1 Å². The summed E-state index contributed by atoms with van der Waals surface area (Å²) < 4.78 is 0. The monoisotopic (exact) mass is 334 g/mol. The zero-order valence-electron chi connectivity index (χ0n) is 9.68. The summed E-state index contributed by atoms with van der Waals surface area (Å²) >= 11 is 0. The molecule has 90 valence electrons. The Morgan fingerprint density at radius 1 is 1.62 bits per heavy atom. The highest BCUT2D eigenvalue weighted by atomic mass is 127. The number of halogens is 1. The number of nitrogens with two attached hydrogens (primary N) is 1. The fraction of sp³-hybridized carbons (Fsp3) is 0.455. The molecule has 0 saturated heterocycles. The Morgan fingerprint density at radius 2 is 2.38 bits per heavy atom. The average Bonchev–Trinajstić information content (AvgIpc) is 2.27. The van der Waals surface area contributed by atoms with Crippen molar-refractivity contribution in [2.75, 3.05) is 0 Å². The first-order valence-corrected chi connectivity index (χ1v) is 5.17. The number of nitrogens with zero attached hydrogens (tertiary/aromatic N) is 2. The van der Waals surface area contributed by atoms with Gasteiger partial charge in [-0.3, -0.25) is 4.98 Å². The largest absolute Gasteiger partial charge is 0.370 e. The molecule has 4 nitrogen and oxygen atoms in total. The lowest BCUT2D eigenvalue weighted by atomic mass is 10.3. The highest BCUT2D eigenvalue weighted by molar-refractivity contribution is 14.0. The molecule has 0 aliphatic rings. The number of pyridine rings is 1. The quantitative estimate of drug-likeness (QED) is 0.502. The number of aliphatic imine (C=N–C) groups is 1. The number of rotatable bonds is 4. The van der Waals surface area contributed by atoms with Gasteiger partial charge >= 0.3 is 0 Å². The number of hydrogen-bond acceptors (Lipinski definition) is 2. The molecule has 0 bridgehead atoms. The molecule has 1 unspecified atom stereocenters. The first-order valence-electron chi connectivity index (χ1n) is 5.17. The number of aromatic nitrogens is 1. The Labute approximate surface area is 114 Å². The molecule has 0 aromatic carbocycles. The predicted octanol–water partition coefficient (Wildman–Crippen LogP) is 1.90. The third-order valence-corrected chi connectivity index (χ3v) is 2.16. The lowest BCUT2D eigenvalue weighted by molar-refractivity contribution is 0.636. The SMILES string of the molecule is CCC(C)NC(N)=NCc1cccnc1.I. The van der Waals surface area contributed by atoms with Crippen LogP contribution >= 0.6 is 24.0 Å². The zero-order valence-corrected chi connectivity index (χ0v) is 12.0. The maximum absolute atomic E-state index is 5.72. The molecular formula is C11H19IN4. The van der Waals surface area contributed by atoms with E-state index < -0.39 is 0 Å². The fourth-order valence-corrected chi connectivity index (χ4v) is 1.07. The molecule has 0 radical (unpaired) electrons. The predicted molar refractivity (Wildman–Crippen MR) is 77.9 cm³/mol. The van der Waals surface area contributed by atoms with Crippen molar-refractivity contribution in [2.24, 2.45) is 10.7 Å². The Bertz CT molecular complexity index is 313. The molecule has 0 fully saturated rings. The van der Waals surface area contributed by atoms with Gasteiger partial charge in [-0.25, -0.2) is 4.99 Å². The molecule has 0 aliphatic heterocycles. The molecule has 0 amide bonds. The van der Waals surface area contributed by atoms with E-state index >= 15 is 0 Å². The summed E-state index contributed by atoms with van der Waals surface area (Å²) in [5.74, 6) is 0.494. The minimum atomic E-state index is 0. The van der Waals surface area contributed by atoms with E-state index in [4.69, 9.17) is 5.73 Å². The zero-order chi connectivity index (χ0) is 11.1. The topological polar surface area (TPSA) is 63.3 Å². The van der Waals surface area contributed by atoms with Crippen molar-refractivity contribution in [3.8, 4) is 0 Å². The summed E-state index contributed by atoms with van der Waals surface area (Å²) in [5, 5.41) is 3.11. The normalized spacial score (nSPS) is 12.8. The van der Waals surface area contributed by atoms with Gasteiger partial charge in [-0.2, -0.15) is 0 Å². The minimum Gasteiger partial charge on any atom is -0.370 e. The van der Waals surface area contributed by atoms with Crippen molar-refractivity contribution in [3.63, 3.8) is 0 Å². The van der Waals surface area contributed by atoms with Crippen LogP contribution in [0, 0.1) is 0 Å². The lowest BCUT2D eigenvalue weighted by Crippen LogP contribution is -2.38. The first-order chi connectivity index (χ1) is 7.22. The average molecular weight is 334 g/mol. The van der Waals surface area contributed by atoms with Crippen LogP contribution in [0.4, 0.5) is 0 Å². The molecular weight excluding hydrogens is 315 g/mol. The summed E-state index contributed by atoms with van der Waals surface area (Å²) in [6.45, 7) is 4.75. The maximum atomic E-state index is 5.72. The van der Waals surface area contributed by atoms with Gasteiger partial charge in [0.25, 0.3) is 0 Å². The van der Waals surface area contributed by atoms with E-state index in [-0.39, 0.29) is 24.0 Å². The second kappa shape index (κ2) is 8.32. The van der Waals surface area contributed by atoms with Crippen molar-refractivity contribution in [1.82, 2.24) is 10.3 Å². The van der Waals surface area contributed by atoms with Gasteiger partial charge < -0.3 is 11.1 Å². The van der Waals surface area contributed by atoms with Crippen LogP contribution in [0.5, 0.6) is 0 Å². The maximum Gasteiger partial charge on any atom is 0.189 e. The van der Waals surface area contributed by atoms with E-state index in [9.17, 15) is 0 Å². The van der Waals surface area contributed by atoms with E-state index in [1.807, 2.05) is 12.1 Å². The minimum absolute atomic E-state index is 0. The van der Waals surface area contributed by atoms with Crippen LogP contribution in [0.25, 0.3) is 0 Å². The summed E-state index contributed by atoms with van der Waals surface area (Å²) in [5.41, 5.74) is 6.78. The molecule has 0 spiro atoms. The molecule has 1 atom stereocenters.